The van der Waals surface area contributed by atoms with E-state index >= 15 is 0 Å². The van der Waals surface area contributed by atoms with E-state index in [2.05, 4.69) is 12.1 Å². The lowest BCUT2D eigenvalue weighted by atomic mass is 9.69. The summed E-state index contributed by atoms with van der Waals surface area (Å²) in [6, 6.07) is 8.34. The van der Waals surface area contributed by atoms with Crippen LogP contribution >= 0.6 is 11.6 Å². The number of rotatable bonds is 5. The minimum Gasteiger partial charge on any atom is -0.303 e. The van der Waals surface area contributed by atoms with Gasteiger partial charge in [0, 0.05) is 10.9 Å². The minimum atomic E-state index is 0.363. The summed E-state index contributed by atoms with van der Waals surface area (Å²) in [5.74, 6) is 3.12. The van der Waals surface area contributed by atoms with Crippen LogP contribution in [0, 0.1) is 23.7 Å². The third kappa shape index (κ3) is 4.83. The predicted octanol–water partition coefficient (Wildman–Crippen LogP) is 6.08. The van der Waals surface area contributed by atoms with Crippen molar-refractivity contribution in [2.75, 3.05) is 0 Å². The van der Waals surface area contributed by atoms with Gasteiger partial charge in [-0.2, -0.15) is 0 Å². The molecule has 2 aliphatic rings. The van der Waals surface area contributed by atoms with Gasteiger partial charge >= 0.3 is 0 Å². The molecule has 0 saturated heterocycles. The quantitative estimate of drug-likeness (QED) is 0.597. The predicted molar refractivity (Wildman–Crippen MR) is 96.7 cm³/mol. The first kappa shape index (κ1) is 17.0. The van der Waals surface area contributed by atoms with Gasteiger partial charge in [0.25, 0.3) is 0 Å². The monoisotopic (exact) mass is 332 g/mol. The van der Waals surface area contributed by atoms with Gasteiger partial charge in [-0.25, -0.2) is 0 Å². The Morgan fingerprint density at radius 1 is 0.870 bits per heavy atom. The first-order chi connectivity index (χ1) is 11.2. The van der Waals surface area contributed by atoms with Gasteiger partial charge in [0.2, 0.25) is 0 Å². The highest BCUT2D eigenvalue weighted by atomic mass is 35.5. The van der Waals surface area contributed by atoms with Crippen molar-refractivity contribution in [2.24, 2.45) is 23.7 Å². The maximum Gasteiger partial charge on any atom is 0.123 e. The van der Waals surface area contributed by atoms with Crippen molar-refractivity contribution in [1.82, 2.24) is 0 Å². The molecule has 2 saturated carbocycles. The van der Waals surface area contributed by atoms with Crippen LogP contribution in [-0.4, -0.2) is 6.29 Å². The summed E-state index contributed by atoms with van der Waals surface area (Å²) < 4.78 is 0. The van der Waals surface area contributed by atoms with E-state index in [1.807, 2.05) is 12.1 Å². The van der Waals surface area contributed by atoms with Gasteiger partial charge in [-0.05, 0) is 86.8 Å². The molecule has 2 fully saturated rings. The minimum absolute atomic E-state index is 0.363. The van der Waals surface area contributed by atoms with Gasteiger partial charge in [-0.1, -0.05) is 36.6 Å². The summed E-state index contributed by atoms with van der Waals surface area (Å²) in [6.07, 6.45) is 14.2. The first-order valence-electron chi connectivity index (χ1n) is 9.44. The molecule has 0 aliphatic heterocycles. The number of hydrogen-bond acceptors (Lipinski definition) is 1. The van der Waals surface area contributed by atoms with Crippen LogP contribution in [0.25, 0.3) is 0 Å². The topological polar surface area (TPSA) is 17.1 Å². The van der Waals surface area contributed by atoms with Crippen LogP contribution in [-0.2, 0) is 11.2 Å². The van der Waals surface area contributed by atoms with Crippen LogP contribution in [0.5, 0.6) is 0 Å². The second kappa shape index (κ2) is 8.33. The molecular formula is C21H29ClO. The molecule has 0 spiro atoms. The molecule has 0 amide bonds. The number of aldehydes is 1. The Bertz CT molecular complexity index is 479. The summed E-state index contributed by atoms with van der Waals surface area (Å²) in [4.78, 5) is 10.9. The third-order valence-corrected chi connectivity index (χ3v) is 6.57. The maximum absolute atomic E-state index is 10.9. The number of halogens is 1. The molecule has 1 nitrogen and oxygen atoms in total. The van der Waals surface area contributed by atoms with Gasteiger partial charge in [0.15, 0.2) is 0 Å². The molecule has 0 aromatic heterocycles. The van der Waals surface area contributed by atoms with Crippen LogP contribution in [0.15, 0.2) is 24.3 Å². The van der Waals surface area contributed by atoms with E-state index in [1.165, 1.54) is 63.2 Å². The lowest BCUT2D eigenvalue weighted by Gasteiger charge is -2.37. The van der Waals surface area contributed by atoms with Gasteiger partial charge in [0.05, 0.1) is 0 Å². The zero-order valence-corrected chi connectivity index (χ0v) is 14.8. The molecule has 3 rings (SSSR count). The number of aryl methyl sites for hydroxylation is 1. The Balaban J connectivity index is 1.38. The maximum atomic E-state index is 10.9. The smallest absolute Gasteiger partial charge is 0.123 e. The van der Waals surface area contributed by atoms with E-state index in [1.54, 1.807) is 0 Å². The Kier molecular flexibility index (Phi) is 6.16. The van der Waals surface area contributed by atoms with Crippen molar-refractivity contribution in [3.05, 3.63) is 34.9 Å². The van der Waals surface area contributed by atoms with Gasteiger partial charge in [-0.15, -0.1) is 0 Å². The van der Waals surface area contributed by atoms with Crippen LogP contribution in [0.2, 0.25) is 5.02 Å². The number of benzene rings is 1. The van der Waals surface area contributed by atoms with Crippen molar-refractivity contribution >= 4 is 17.9 Å². The fourth-order valence-electron chi connectivity index (χ4n) is 4.72. The molecule has 126 valence electrons. The second-order valence-electron chi connectivity index (χ2n) is 7.76. The van der Waals surface area contributed by atoms with E-state index in [0.717, 1.165) is 35.6 Å². The van der Waals surface area contributed by atoms with Crippen molar-refractivity contribution in [1.29, 1.82) is 0 Å². The molecule has 1 aromatic carbocycles. The SMILES string of the molecule is O=C[C@H]1CC[C@H]([C@H]2CC[C@H](CCc3ccc(Cl)cc3)CC2)CC1. The summed E-state index contributed by atoms with van der Waals surface area (Å²) in [7, 11) is 0. The Labute approximate surface area is 145 Å². The van der Waals surface area contributed by atoms with Crippen LogP contribution in [0.3, 0.4) is 0 Å². The molecule has 0 heterocycles. The lowest BCUT2D eigenvalue weighted by Crippen LogP contribution is -2.26. The molecule has 0 radical (unpaired) electrons. The van der Waals surface area contributed by atoms with E-state index in [0.29, 0.717) is 5.92 Å². The highest BCUT2D eigenvalue weighted by Gasteiger charge is 2.30. The first-order valence-corrected chi connectivity index (χ1v) is 9.82. The molecule has 2 heteroatoms. The molecule has 0 bridgehead atoms. The molecule has 0 unspecified atom stereocenters. The standard InChI is InChI=1S/C21H29ClO/c22-21-13-7-17(8-14-21)2-1-16-3-9-19(10-4-16)20-11-5-18(15-23)6-12-20/h7-8,13-16,18-20H,1-6,9-12H2/t16-,18-,19-,20-. The number of carbonyl (C=O) groups is 1. The van der Waals surface area contributed by atoms with E-state index < -0.39 is 0 Å². The zero-order chi connectivity index (χ0) is 16.1. The van der Waals surface area contributed by atoms with E-state index in [4.69, 9.17) is 11.6 Å². The van der Waals surface area contributed by atoms with Crippen molar-refractivity contribution in [3.8, 4) is 0 Å². The zero-order valence-electron chi connectivity index (χ0n) is 14.1. The van der Waals surface area contributed by atoms with E-state index in [9.17, 15) is 4.79 Å². The fraction of sp³-hybridized carbons (Fsp3) is 0.667. The van der Waals surface area contributed by atoms with Crippen LogP contribution in [0.4, 0.5) is 0 Å². The highest BCUT2D eigenvalue weighted by molar-refractivity contribution is 6.30. The van der Waals surface area contributed by atoms with Crippen LogP contribution < -0.4 is 0 Å². The number of hydrogen-bond donors (Lipinski definition) is 0. The Morgan fingerprint density at radius 3 is 2.00 bits per heavy atom. The number of carbonyl (C=O) groups excluding carboxylic acids is 1. The summed E-state index contributed by atoms with van der Waals surface area (Å²) in [5, 5.41) is 0.832. The molecule has 2 aliphatic carbocycles. The molecule has 0 atom stereocenters. The van der Waals surface area contributed by atoms with Gasteiger partial charge in [-0.3, -0.25) is 0 Å². The summed E-state index contributed by atoms with van der Waals surface area (Å²) in [5.41, 5.74) is 1.42. The molecule has 23 heavy (non-hydrogen) atoms. The molecular weight excluding hydrogens is 304 g/mol. The highest BCUT2D eigenvalue weighted by Crippen LogP contribution is 2.41. The summed E-state index contributed by atoms with van der Waals surface area (Å²) in [6.45, 7) is 0. The van der Waals surface area contributed by atoms with Crippen molar-refractivity contribution < 1.29 is 4.79 Å². The van der Waals surface area contributed by atoms with Gasteiger partial charge in [0.1, 0.15) is 6.29 Å². The Morgan fingerprint density at radius 2 is 1.43 bits per heavy atom. The average Bonchev–Trinajstić information content (AvgIpc) is 2.62. The third-order valence-electron chi connectivity index (χ3n) is 6.32. The fourth-order valence-corrected chi connectivity index (χ4v) is 4.85. The van der Waals surface area contributed by atoms with E-state index in [-0.39, 0.29) is 0 Å². The molecule has 0 N–H and O–H groups in total. The average molecular weight is 333 g/mol. The van der Waals surface area contributed by atoms with Crippen molar-refractivity contribution in [3.63, 3.8) is 0 Å². The molecule has 1 aromatic rings. The summed E-state index contributed by atoms with van der Waals surface area (Å²) >= 11 is 5.95. The second-order valence-corrected chi connectivity index (χ2v) is 8.19. The van der Waals surface area contributed by atoms with Gasteiger partial charge < -0.3 is 4.79 Å². The Hall–Kier alpha value is -0.820. The largest absolute Gasteiger partial charge is 0.303 e. The normalized spacial score (nSPS) is 31.7. The van der Waals surface area contributed by atoms with Crippen molar-refractivity contribution in [2.45, 2.75) is 64.2 Å². The van der Waals surface area contributed by atoms with Crippen LogP contribution in [0.1, 0.15) is 63.4 Å². The lowest BCUT2D eigenvalue weighted by molar-refractivity contribution is -0.112.